The Hall–Kier alpha value is -2.55. The highest BCUT2D eigenvalue weighted by Gasteiger charge is 2.26. The van der Waals surface area contributed by atoms with E-state index in [0.29, 0.717) is 13.0 Å². The molecule has 0 aromatic carbocycles. The number of allylic oxidation sites excluding steroid dienone is 12. The van der Waals surface area contributed by atoms with E-state index < -0.39 is 32.5 Å². The molecular formula is C50H88NO8P. The number of hydrogen-bond donors (Lipinski definition) is 2. The molecule has 0 saturated heterocycles. The van der Waals surface area contributed by atoms with Gasteiger partial charge in [0.15, 0.2) is 6.10 Å². The van der Waals surface area contributed by atoms with Gasteiger partial charge in [0.2, 0.25) is 0 Å². The van der Waals surface area contributed by atoms with Crippen molar-refractivity contribution in [2.45, 2.75) is 200 Å². The van der Waals surface area contributed by atoms with Crippen molar-refractivity contribution in [1.29, 1.82) is 0 Å². The molecule has 0 heterocycles. The van der Waals surface area contributed by atoms with Crippen LogP contribution in [0.5, 0.6) is 0 Å². The zero-order chi connectivity index (χ0) is 43.9. The summed E-state index contributed by atoms with van der Waals surface area (Å²) in [7, 11) is -2.68. The van der Waals surface area contributed by atoms with E-state index in [2.05, 4.69) is 79.9 Å². The summed E-state index contributed by atoms with van der Waals surface area (Å²) in [6.45, 7) is 4.11. The van der Waals surface area contributed by atoms with E-state index in [1.165, 1.54) is 116 Å². The Morgan fingerprint density at radius 1 is 0.517 bits per heavy atom. The standard InChI is InChI=1S/C50H88NO8P/c1-4-6-8-10-12-14-16-18-20-22-24-26-28-30-32-34-36-38-40-42-49(52)56-46-48(47-58-60(54,55)57-45-44-51-3)59-50(53)43-41-39-37-35-33-31-29-27-25-23-21-19-17-15-13-11-9-7-5-2/h13,15,18-21,25,27,31,33,37,39,48,51H,4-12,14,16-17,22-24,26,28-30,32,34-36,38,40-47H2,1-3H3,(H,54,55)/b15-13-,20-18-,21-19-,27-25-,33-31-,39-37-. The van der Waals surface area contributed by atoms with E-state index in [4.69, 9.17) is 18.5 Å². The minimum Gasteiger partial charge on any atom is -0.462 e. The topological polar surface area (TPSA) is 120 Å². The molecule has 0 aromatic heterocycles. The Balaban J connectivity index is 4.29. The van der Waals surface area contributed by atoms with Crippen LogP contribution in [-0.2, 0) is 32.7 Å². The molecule has 9 nitrogen and oxygen atoms in total. The van der Waals surface area contributed by atoms with Crippen molar-refractivity contribution in [2.75, 3.05) is 33.4 Å². The second-order valence-corrected chi connectivity index (χ2v) is 17.0. The molecular weight excluding hydrogens is 774 g/mol. The second kappa shape index (κ2) is 46.0. The molecule has 0 radical (unpaired) electrons. The maximum Gasteiger partial charge on any atom is 0.472 e. The van der Waals surface area contributed by atoms with Gasteiger partial charge in [0, 0.05) is 19.4 Å². The van der Waals surface area contributed by atoms with E-state index in [-0.39, 0.29) is 26.1 Å². The monoisotopic (exact) mass is 862 g/mol. The molecule has 10 heteroatoms. The smallest absolute Gasteiger partial charge is 0.462 e. The first-order valence-electron chi connectivity index (χ1n) is 23.9. The third kappa shape index (κ3) is 45.0. The van der Waals surface area contributed by atoms with Crippen molar-refractivity contribution in [3.63, 3.8) is 0 Å². The van der Waals surface area contributed by atoms with Crippen LogP contribution in [0.25, 0.3) is 0 Å². The van der Waals surface area contributed by atoms with E-state index in [0.717, 1.165) is 44.9 Å². The van der Waals surface area contributed by atoms with Gasteiger partial charge in [0.05, 0.1) is 13.2 Å². The Labute approximate surface area is 367 Å². The van der Waals surface area contributed by atoms with Crippen LogP contribution >= 0.6 is 7.82 Å². The van der Waals surface area contributed by atoms with Gasteiger partial charge in [-0.1, -0.05) is 177 Å². The average molecular weight is 862 g/mol. The number of rotatable bonds is 44. The SMILES string of the molecule is CCCCC/C=C\C/C=C\C/C=C\C/C=C\C/C=C\CCC(=O)OC(COC(=O)CCCCCCCCCCC/C=C\CCCCCCCC)COP(=O)(O)OCCNC. The van der Waals surface area contributed by atoms with E-state index in [9.17, 15) is 19.0 Å². The number of ether oxygens (including phenoxy) is 2. The summed E-state index contributed by atoms with van der Waals surface area (Å²) in [4.78, 5) is 35.1. The zero-order valence-electron chi connectivity index (χ0n) is 38.4. The fourth-order valence-corrected chi connectivity index (χ4v) is 6.93. The highest BCUT2D eigenvalue weighted by molar-refractivity contribution is 7.47. The molecule has 0 aromatic rings. The molecule has 0 bridgehead atoms. The molecule has 0 spiro atoms. The Morgan fingerprint density at radius 3 is 1.45 bits per heavy atom. The summed E-state index contributed by atoms with van der Waals surface area (Å²) < 4.78 is 33.2. The number of nitrogens with one attached hydrogen (secondary N) is 1. The van der Waals surface area contributed by atoms with E-state index in [1.807, 2.05) is 12.2 Å². The van der Waals surface area contributed by atoms with Gasteiger partial charge in [-0.25, -0.2) is 4.57 Å². The number of unbranched alkanes of at least 4 members (excludes halogenated alkanes) is 18. The third-order valence-corrected chi connectivity index (χ3v) is 10.8. The van der Waals surface area contributed by atoms with Gasteiger partial charge in [0.25, 0.3) is 0 Å². The lowest BCUT2D eigenvalue weighted by Crippen LogP contribution is -2.29. The number of likely N-dealkylation sites (N-methyl/N-ethyl adjacent to an activating group) is 1. The summed E-state index contributed by atoms with van der Waals surface area (Å²) in [5, 5.41) is 2.82. The molecule has 2 N–H and O–H groups in total. The number of carbonyl (C=O) groups excluding carboxylic acids is 2. The van der Waals surface area contributed by atoms with Crippen LogP contribution in [0.2, 0.25) is 0 Å². The van der Waals surface area contributed by atoms with Crippen molar-refractivity contribution in [3.8, 4) is 0 Å². The quantitative estimate of drug-likeness (QED) is 0.0267. The van der Waals surface area contributed by atoms with E-state index in [1.54, 1.807) is 7.05 Å². The maximum atomic E-state index is 12.6. The van der Waals surface area contributed by atoms with Gasteiger partial charge >= 0.3 is 19.8 Å². The molecule has 0 aliphatic carbocycles. The number of carbonyl (C=O) groups is 2. The molecule has 0 aliphatic heterocycles. The molecule has 0 aliphatic rings. The van der Waals surface area contributed by atoms with Gasteiger partial charge < -0.3 is 19.7 Å². The fourth-order valence-electron chi connectivity index (χ4n) is 6.18. The largest absolute Gasteiger partial charge is 0.472 e. The normalized spacial score (nSPS) is 13.9. The van der Waals surface area contributed by atoms with Crippen molar-refractivity contribution in [3.05, 3.63) is 72.9 Å². The third-order valence-electron chi connectivity index (χ3n) is 9.81. The number of phosphoric ester groups is 1. The van der Waals surface area contributed by atoms with Crippen molar-refractivity contribution >= 4 is 19.8 Å². The molecule has 2 atom stereocenters. The van der Waals surface area contributed by atoms with Crippen molar-refractivity contribution in [1.82, 2.24) is 5.32 Å². The molecule has 2 unspecified atom stereocenters. The van der Waals surface area contributed by atoms with Crippen molar-refractivity contribution < 1.29 is 37.6 Å². The first-order chi connectivity index (χ1) is 29.3. The van der Waals surface area contributed by atoms with Crippen LogP contribution in [0.4, 0.5) is 0 Å². The molecule has 60 heavy (non-hydrogen) atoms. The highest BCUT2D eigenvalue weighted by Crippen LogP contribution is 2.43. The average Bonchev–Trinajstić information content (AvgIpc) is 3.23. The fraction of sp³-hybridized carbons (Fsp3) is 0.720. The van der Waals surface area contributed by atoms with Gasteiger partial charge in [-0.2, -0.15) is 0 Å². The maximum absolute atomic E-state index is 12.6. The predicted molar refractivity (Wildman–Crippen MR) is 252 cm³/mol. The number of phosphoric acid groups is 1. The van der Waals surface area contributed by atoms with Crippen LogP contribution < -0.4 is 5.32 Å². The van der Waals surface area contributed by atoms with Crippen LogP contribution in [0, 0.1) is 0 Å². The van der Waals surface area contributed by atoms with Crippen LogP contribution in [0.1, 0.15) is 194 Å². The molecule has 0 rings (SSSR count). The molecule has 0 amide bonds. The summed E-state index contributed by atoms with van der Waals surface area (Å²) in [6.07, 6.45) is 55.3. The Morgan fingerprint density at radius 2 is 0.933 bits per heavy atom. The van der Waals surface area contributed by atoms with E-state index >= 15 is 0 Å². The number of esters is 2. The Kier molecular flexibility index (Phi) is 44.0. The zero-order valence-corrected chi connectivity index (χ0v) is 39.3. The lowest BCUT2D eigenvalue weighted by molar-refractivity contribution is -0.161. The minimum absolute atomic E-state index is 0.0334. The summed E-state index contributed by atoms with van der Waals surface area (Å²) in [6, 6.07) is 0. The van der Waals surface area contributed by atoms with Crippen LogP contribution in [0.15, 0.2) is 72.9 Å². The van der Waals surface area contributed by atoms with Crippen LogP contribution in [0.3, 0.4) is 0 Å². The lowest BCUT2D eigenvalue weighted by atomic mass is 10.1. The van der Waals surface area contributed by atoms with Gasteiger partial charge in [-0.15, -0.1) is 0 Å². The lowest BCUT2D eigenvalue weighted by Gasteiger charge is -2.19. The minimum atomic E-state index is -4.38. The van der Waals surface area contributed by atoms with Gasteiger partial charge in [-0.3, -0.25) is 18.6 Å². The second-order valence-electron chi connectivity index (χ2n) is 15.6. The van der Waals surface area contributed by atoms with Crippen LogP contribution in [-0.4, -0.2) is 56.3 Å². The summed E-state index contributed by atoms with van der Waals surface area (Å²) >= 11 is 0. The predicted octanol–water partition coefficient (Wildman–Crippen LogP) is 14.1. The molecule has 0 saturated carbocycles. The first kappa shape index (κ1) is 57.4. The Bertz CT molecular complexity index is 1210. The van der Waals surface area contributed by atoms with Gasteiger partial charge in [0.1, 0.15) is 6.61 Å². The molecule has 346 valence electrons. The van der Waals surface area contributed by atoms with Crippen molar-refractivity contribution in [2.24, 2.45) is 0 Å². The first-order valence-corrected chi connectivity index (χ1v) is 25.4. The number of hydrogen-bond acceptors (Lipinski definition) is 8. The summed E-state index contributed by atoms with van der Waals surface area (Å²) in [5.74, 6) is -0.907. The highest BCUT2D eigenvalue weighted by atomic mass is 31.2. The van der Waals surface area contributed by atoms with Gasteiger partial charge in [-0.05, 0) is 84.1 Å². The molecule has 0 fully saturated rings. The summed E-state index contributed by atoms with van der Waals surface area (Å²) in [5.41, 5.74) is 0.